The van der Waals surface area contributed by atoms with Gasteiger partial charge in [0.25, 0.3) is 0 Å². The van der Waals surface area contributed by atoms with Crippen LogP contribution >= 0.6 is 0 Å². The Balaban J connectivity index is 2.45. The van der Waals surface area contributed by atoms with Crippen molar-refractivity contribution in [2.45, 2.75) is 0 Å². The van der Waals surface area contributed by atoms with E-state index in [0.29, 0.717) is 0 Å². The second kappa shape index (κ2) is 5.80. The summed E-state index contributed by atoms with van der Waals surface area (Å²) < 4.78 is 0. The molecule has 3 N–H and O–H groups in total. The van der Waals surface area contributed by atoms with Gasteiger partial charge in [0.1, 0.15) is 0 Å². The maximum atomic E-state index is 4.29. The van der Waals surface area contributed by atoms with Gasteiger partial charge in [0.2, 0.25) is 0 Å². The lowest BCUT2D eigenvalue weighted by molar-refractivity contribution is -0.230. The van der Waals surface area contributed by atoms with Gasteiger partial charge in [-0.15, -0.1) is 0 Å². The average molecular weight is 107 g/mol. The molecule has 0 aliphatic rings. The molecule has 0 amide bonds. The third-order valence-corrected chi connectivity index (χ3v) is 0.287. The Morgan fingerprint density at radius 2 is 1.43 bits per heavy atom. The van der Waals surface area contributed by atoms with Crippen LogP contribution in [0.1, 0.15) is 0 Å². The summed E-state index contributed by atoms with van der Waals surface area (Å²) in [5.74, 6) is 0. The van der Waals surface area contributed by atoms with Crippen LogP contribution in [0.3, 0.4) is 0 Å². The first kappa shape index (κ1) is 6.80. The normalized spacial score (nSPS) is 9.43. The summed E-state index contributed by atoms with van der Waals surface area (Å²) in [6.45, 7) is 0. The molecule has 0 radical (unpaired) electrons. The average Bonchev–Trinajstić information content (AvgIpc) is 1.69. The number of hydrogen-bond acceptors (Lipinski definition) is 5. The number of hydroxylamine groups is 2. The van der Waals surface area contributed by atoms with E-state index in [2.05, 4.69) is 26.5 Å². The monoisotopic (exact) mass is 107 g/mol. The van der Waals surface area contributed by atoms with E-state index in [9.17, 15) is 0 Å². The molecule has 0 aromatic rings. The van der Waals surface area contributed by atoms with E-state index in [4.69, 9.17) is 0 Å². The van der Waals surface area contributed by atoms with E-state index in [1.165, 1.54) is 0 Å². The summed E-state index contributed by atoms with van der Waals surface area (Å²) >= 11 is 0. The Kier molecular flexibility index (Phi) is 5.63. The van der Waals surface area contributed by atoms with Crippen LogP contribution in [0, 0.1) is 0 Å². The van der Waals surface area contributed by atoms with Gasteiger partial charge in [-0.3, -0.25) is 0 Å². The Hall–Kier alpha value is -0.200. The molecule has 0 spiro atoms. The van der Waals surface area contributed by atoms with Gasteiger partial charge in [0.15, 0.2) is 0 Å². The molecule has 0 aliphatic carbocycles. The van der Waals surface area contributed by atoms with Gasteiger partial charge in [-0.1, -0.05) is 0 Å². The fourth-order valence-electron chi connectivity index (χ4n) is 0.104. The van der Waals surface area contributed by atoms with Gasteiger partial charge in [0, 0.05) is 14.1 Å². The zero-order chi connectivity index (χ0) is 5.54. The molecule has 0 bridgehead atoms. The van der Waals surface area contributed by atoms with Gasteiger partial charge < -0.3 is 0 Å². The molecule has 0 aromatic heterocycles. The third-order valence-electron chi connectivity index (χ3n) is 0.287. The van der Waals surface area contributed by atoms with Crippen LogP contribution in [0.15, 0.2) is 0 Å². The van der Waals surface area contributed by atoms with Gasteiger partial charge in [-0.05, 0) is 5.64 Å². The Morgan fingerprint density at radius 3 is 1.71 bits per heavy atom. The van der Waals surface area contributed by atoms with Gasteiger partial charge in [0.05, 0.1) is 0 Å². The van der Waals surface area contributed by atoms with Crippen molar-refractivity contribution in [1.82, 2.24) is 16.6 Å². The predicted octanol–water partition coefficient (Wildman–Crippen LogP) is -1.29. The van der Waals surface area contributed by atoms with E-state index in [1.807, 2.05) is 0 Å². The molecule has 0 aromatic carbocycles. The molecule has 0 rings (SSSR count). The van der Waals surface area contributed by atoms with Crippen molar-refractivity contribution in [2.24, 2.45) is 0 Å². The van der Waals surface area contributed by atoms with Crippen molar-refractivity contribution in [1.29, 1.82) is 0 Å². The van der Waals surface area contributed by atoms with Crippen LogP contribution < -0.4 is 16.6 Å². The first-order valence-corrected chi connectivity index (χ1v) is 1.82. The molecule has 0 saturated heterocycles. The SMILES string of the molecule is CNONONC. The van der Waals surface area contributed by atoms with Crippen molar-refractivity contribution >= 4 is 0 Å². The second-order valence-electron chi connectivity index (χ2n) is 0.696. The largest absolute Gasteiger partial charge is 0.187 e. The lowest BCUT2D eigenvalue weighted by atomic mass is 11.6. The minimum atomic E-state index is 1.60. The Bertz CT molecular complexity index is 30.1. The van der Waals surface area contributed by atoms with Crippen molar-refractivity contribution < 1.29 is 9.88 Å². The summed E-state index contributed by atoms with van der Waals surface area (Å²) in [6.07, 6.45) is 0. The molecule has 0 unspecified atom stereocenters. The minimum Gasteiger partial charge on any atom is -0.187 e. The molecule has 5 heteroatoms. The summed E-state index contributed by atoms with van der Waals surface area (Å²) in [4.78, 5) is 8.58. The molecule has 0 heterocycles. The topological polar surface area (TPSA) is 54.5 Å². The third kappa shape index (κ3) is 5.80. The van der Waals surface area contributed by atoms with Gasteiger partial charge in [-0.25, -0.2) is 0 Å². The molecule has 0 aliphatic heterocycles. The minimum absolute atomic E-state index is 1.60. The lowest BCUT2D eigenvalue weighted by Crippen LogP contribution is -2.27. The highest BCUT2D eigenvalue weighted by molar-refractivity contribution is 3.80. The fourth-order valence-corrected chi connectivity index (χ4v) is 0.104. The fraction of sp³-hybridized carbons (Fsp3) is 1.00. The van der Waals surface area contributed by atoms with E-state index >= 15 is 0 Å². The van der Waals surface area contributed by atoms with E-state index in [0.717, 1.165) is 0 Å². The van der Waals surface area contributed by atoms with Crippen molar-refractivity contribution in [2.75, 3.05) is 14.1 Å². The van der Waals surface area contributed by atoms with Crippen LogP contribution in [0.5, 0.6) is 0 Å². The van der Waals surface area contributed by atoms with Crippen LogP contribution in [0.4, 0.5) is 0 Å². The van der Waals surface area contributed by atoms with Crippen LogP contribution in [-0.4, -0.2) is 14.1 Å². The molecule has 5 nitrogen and oxygen atoms in total. The lowest BCUT2D eigenvalue weighted by Gasteiger charge is -1.98. The first-order valence-electron chi connectivity index (χ1n) is 1.82. The summed E-state index contributed by atoms with van der Waals surface area (Å²) in [5.41, 5.74) is 6.72. The second-order valence-corrected chi connectivity index (χ2v) is 0.696. The van der Waals surface area contributed by atoms with Gasteiger partial charge in [-0.2, -0.15) is 20.8 Å². The van der Waals surface area contributed by atoms with Crippen molar-refractivity contribution in [3.05, 3.63) is 0 Å². The Morgan fingerprint density at radius 1 is 1.00 bits per heavy atom. The molecule has 0 atom stereocenters. The summed E-state index contributed by atoms with van der Waals surface area (Å²) in [7, 11) is 3.21. The molecule has 0 saturated carbocycles. The zero-order valence-corrected chi connectivity index (χ0v) is 4.32. The van der Waals surface area contributed by atoms with Crippen LogP contribution in [0.25, 0.3) is 0 Å². The number of rotatable bonds is 4. The molecular weight excluding hydrogens is 98.0 g/mol. The first-order chi connectivity index (χ1) is 3.41. The maximum Gasteiger partial charge on any atom is 0.0115 e. The Labute approximate surface area is 41.8 Å². The van der Waals surface area contributed by atoms with Crippen molar-refractivity contribution in [3.63, 3.8) is 0 Å². The standard InChI is InChI=1S/C2H9N3O2/c1-3-6-5-7-4-2/h3-5H,1-2H3. The van der Waals surface area contributed by atoms with Gasteiger partial charge >= 0.3 is 0 Å². The van der Waals surface area contributed by atoms with E-state index in [-0.39, 0.29) is 0 Å². The quantitative estimate of drug-likeness (QED) is 0.308. The number of nitrogens with one attached hydrogen (secondary N) is 3. The molecule has 7 heavy (non-hydrogen) atoms. The highest BCUT2D eigenvalue weighted by atomic mass is 17.0. The maximum absolute atomic E-state index is 4.29. The van der Waals surface area contributed by atoms with Crippen molar-refractivity contribution in [3.8, 4) is 0 Å². The molecule has 0 fully saturated rings. The summed E-state index contributed by atoms with van der Waals surface area (Å²) in [5, 5.41) is 0. The molecule has 44 valence electrons. The van der Waals surface area contributed by atoms with Crippen LogP contribution in [0.2, 0.25) is 0 Å². The van der Waals surface area contributed by atoms with Crippen LogP contribution in [-0.2, 0) is 9.88 Å². The van der Waals surface area contributed by atoms with E-state index in [1.54, 1.807) is 14.1 Å². The predicted molar refractivity (Wildman–Crippen MR) is 23.4 cm³/mol. The smallest absolute Gasteiger partial charge is 0.0115 e. The number of hydrogen-bond donors (Lipinski definition) is 3. The zero-order valence-electron chi connectivity index (χ0n) is 4.32. The van der Waals surface area contributed by atoms with E-state index < -0.39 is 0 Å². The summed E-state index contributed by atoms with van der Waals surface area (Å²) in [6, 6.07) is 0. The highest BCUT2D eigenvalue weighted by Crippen LogP contribution is 1.48. The highest BCUT2D eigenvalue weighted by Gasteiger charge is 1.72. The molecular formula is C2H9N3O2.